The standard InChI is InChI=1S/C23H31FN4O2/c1-3-25-23(26-16-18(2)30-22-10-6-20(24)7-11-22)27-17-19-4-8-21(9-5-19)28-12-14-29-15-13-28/h4-11,18H,3,12-17H2,1-2H3,(H2,25,26,27). The molecule has 7 heteroatoms. The lowest BCUT2D eigenvalue weighted by atomic mass is 10.2. The van der Waals surface area contributed by atoms with E-state index in [1.165, 1.54) is 17.8 Å². The van der Waals surface area contributed by atoms with Crippen LogP contribution in [0.1, 0.15) is 19.4 Å². The molecule has 0 spiro atoms. The second kappa shape index (κ2) is 11.4. The molecule has 2 aromatic carbocycles. The molecule has 1 unspecified atom stereocenters. The Bertz CT molecular complexity index is 790. The van der Waals surface area contributed by atoms with E-state index in [1.54, 1.807) is 12.1 Å². The Morgan fingerprint density at radius 2 is 1.80 bits per heavy atom. The number of guanidine groups is 1. The van der Waals surface area contributed by atoms with Crippen molar-refractivity contribution in [2.75, 3.05) is 44.3 Å². The van der Waals surface area contributed by atoms with Gasteiger partial charge in [0.1, 0.15) is 17.7 Å². The smallest absolute Gasteiger partial charge is 0.191 e. The van der Waals surface area contributed by atoms with Gasteiger partial charge in [0.2, 0.25) is 0 Å². The predicted molar refractivity (Wildman–Crippen MR) is 119 cm³/mol. The van der Waals surface area contributed by atoms with Crippen LogP contribution < -0.4 is 20.3 Å². The van der Waals surface area contributed by atoms with Crippen LogP contribution in [0.5, 0.6) is 5.75 Å². The van der Waals surface area contributed by atoms with Gasteiger partial charge in [-0.1, -0.05) is 12.1 Å². The highest BCUT2D eigenvalue weighted by atomic mass is 19.1. The number of nitrogens with one attached hydrogen (secondary N) is 2. The van der Waals surface area contributed by atoms with E-state index in [4.69, 9.17) is 9.47 Å². The highest BCUT2D eigenvalue weighted by Crippen LogP contribution is 2.17. The van der Waals surface area contributed by atoms with Crippen molar-refractivity contribution >= 4 is 11.6 Å². The summed E-state index contributed by atoms with van der Waals surface area (Å²) in [6, 6.07) is 14.6. The SMILES string of the molecule is CCNC(=NCc1ccc(N2CCOCC2)cc1)NCC(C)Oc1ccc(F)cc1. The zero-order chi connectivity index (χ0) is 21.2. The summed E-state index contributed by atoms with van der Waals surface area (Å²) in [6.07, 6.45) is -0.0906. The van der Waals surface area contributed by atoms with Crippen molar-refractivity contribution in [3.8, 4) is 5.75 Å². The summed E-state index contributed by atoms with van der Waals surface area (Å²) in [4.78, 5) is 7.01. The number of aliphatic imine (C=N–C) groups is 1. The molecule has 0 bridgehead atoms. The van der Waals surface area contributed by atoms with Crippen LogP contribution in [0.4, 0.5) is 10.1 Å². The molecule has 1 atom stereocenters. The average Bonchev–Trinajstić information content (AvgIpc) is 2.78. The maximum atomic E-state index is 13.0. The summed E-state index contributed by atoms with van der Waals surface area (Å²) >= 11 is 0. The number of anilines is 1. The highest BCUT2D eigenvalue weighted by molar-refractivity contribution is 5.79. The Hall–Kier alpha value is -2.80. The zero-order valence-corrected chi connectivity index (χ0v) is 17.7. The summed E-state index contributed by atoms with van der Waals surface area (Å²) in [6.45, 7) is 9.38. The van der Waals surface area contributed by atoms with Crippen molar-refractivity contribution in [3.63, 3.8) is 0 Å². The van der Waals surface area contributed by atoms with E-state index in [1.807, 2.05) is 13.8 Å². The summed E-state index contributed by atoms with van der Waals surface area (Å²) in [5, 5.41) is 6.56. The van der Waals surface area contributed by atoms with E-state index in [-0.39, 0.29) is 11.9 Å². The van der Waals surface area contributed by atoms with Crippen LogP contribution in [-0.2, 0) is 11.3 Å². The van der Waals surface area contributed by atoms with Gasteiger partial charge in [0, 0.05) is 25.3 Å². The van der Waals surface area contributed by atoms with Gasteiger partial charge in [-0.05, 0) is 55.8 Å². The minimum absolute atomic E-state index is 0.0906. The molecule has 0 aliphatic carbocycles. The molecule has 30 heavy (non-hydrogen) atoms. The summed E-state index contributed by atoms with van der Waals surface area (Å²) in [5.41, 5.74) is 2.38. The van der Waals surface area contributed by atoms with Crippen LogP contribution in [0.15, 0.2) is 53.5 Å². The molecule has 3 rings (SSSR count). The van der Waals surface area contributed by atoms with Crippen LogP contribution >= 0.6 is 0 Å². The topological polar surface area (TPSA) is 58.1 Å². The Morgan fingerprint density at radius 3 is 2.47 bits per heavy atom. The van der Waals surface area contributed by atoms with Crippen molar-refractivity contribution in [1.29, 1.82) is 0 Å². The van der Waals surface area contributed by atoms with Gasteiger partial charge >= 0.3 is 0 Å². The lowest BCUT2D eigenvalue weighted by Gasteiger charge is -2.28. The molecular weight excluding hydrogens is 383 g/mol. The third-order valence-corrected chi connectivity index (χ3v) is 4.78. The van der Waals surface area contributed by atoms with Crippen molar-refractivity contribution in [2.24, 2.45) is 4.99 Å². The molecule has 2 N–H and O–H groups in total. The predicted octanol–water partition coefficient (Wildman–Crippen LogP) is 3.18. The van der Waals surface area contributed by atoms with Gasteiger partial charge in [-0.25, -0.2) is 9.38 Å². The molecule has 2 aromatic rings. The number of benzene rings is 2. The van der Waals surface area contributed by atoms with Crippen LogP contribution in [0.25, 0.3) is 0 Å². The first kappa shape index (κ1) is 21.9. The van der Waals surface area contributed by atoms with Crippen LogP contribution in [-0.4, -0.2) is 51.5 Å². The molecule has 1 saturated heterocycles. The maximum absolute atomic E-state index is 13.0. The Labute approximate surface area is 178 Å². The first-order valence-electron chi connectivity index (χ1n) is 10.5. The van der Waals surface area contributed by atoms with Gasteiger partial charge in [0.25, 0.3) is 0 Å². The number of hydrogen-bond donors (Lipinski definition) is 2. The van der Waals surface area contributed by atoms with E-state index < -0.39 is 0 Å². The van der Waals surface area contributed by atoms with Crippen LogP contribution in [0.2, 0.25) is 0 Å². The molecule has 1 aliphatic heterocycles. The first-order valence-corrected chi connectivity index (χ1v) is 10.5. The molecule has 1 fully saturated rings. The second-order valence-corrected chi connectivity index (χ2v) is 7.22. The largest absolute Gasteiger partial charge is 0.489 e. The van der Waals surface area contributed by atoms with Gasteiger partial charge < -0.3 is 25.0 Å². The maximum Gasteiger partial charge on any atom is 0.191 e. The molecule has 1 heterocycles. The highest BCUT2D eigenvalue weighted by Gasteiger charge is 2.11. The van der Waals surface area contributed by atoms with Gasteiger partial charge in [-0.2, -0.15) is 0 Å². The number of nitrogens with zero attached hydrogens (tertiary/aromatic N) is 2. The fourth-order valence-corrected chi connectivity index (χ4v) is 3.17. The van der Waals surface area contributed by atoms with Gasteiger partial charge in [0.15, 0.2) is 5.96 Å². The van der Waals surface area contributed by atoms with Gasteiger partial charge in [0.05, 0.1) is 26.3 Å². The van der Waals surface area contributed by atoms with Gasteiger partial charge in [-0.3, -0.25) is 0 Å². The molecule has 0 aromatic heterocycles. The summed E-state index contributed by atoms with van der Waals surface area (Å²) in [7, 11) is 0. The third-order valence-electron chi connectivity index (χ3n) is 4.78. The molecule has 0 amide bonds. The van der Waals surface area contributed by atoms with Crippen molar-refractivity contribution in [3.05, 3.63) is 59.9 Å². The van der Waals surface area contributed by atoms with E-state index in [0.717, 1.165) is 44.4 Å². The monoisotopic (exact) mass is 414 g/mol. The van der Waals surface area contributed by atoms with Crippen molar-refractivity contribution < 1.29 is 13.9 Å². The van der Waals surface area contributed by atoms with Crippen molar-refractivity contribution in [1.82, 2.24) is 10.6 Å². The number of halogens is 1. The van der Waals surface area contributed by atoms with Crippen LogP contribution in [0.3, 0.4) is 0 Å². The molecule has 0 saturated carbocycles. The first-order chi connectivity index (χ1) is 14.6. The Kier molecular flexibility index (Phi) is 8.32. The third kappa shape index (κ3) is 6.91. The van der Waals surface area contributed by atoms with E-state index in [0.29, 0.717) is 18.8 Å². The zero-order valence-electron chi connectivity index (χ0n) is 17.7. The molecular formula is C23H31FN4O2. The number of ether oxygens (including phenoxy) is 2. The number of morpholine rings is 1. The lowest BCUT2D eigenvalue weighted by molar-refractivity contribution is 0.122. The Morgan fingerprint density at radius 1 is 1.10 bits per heavy atom. The molecule has 0 radical (unpaired) electrons. The number of rotatable bonds is 8. The minimum atomic E-state index is -0.271. The molecule has 6 nitrogen and oxygen atoms in total. The molecule has 1 aliphatic rings. The normalized spacial score (nSPS) is 15.6. The quantitative estimate of drug-likeness (QED) is 0.513. The van der Waals surface area contributed by atoms with E-state index >= 15 is 0 Å². The molecule has 162 valence electrons. The Balaban J connectivity index is 1.50. The van der Waals surface area contributed by atoms with E-state index in [2.05, 4.69) is 44.8 Å². The van der Waals surface area contributed by atoms with Crippen LogP contribution in [0, 0.1) is 5.82 Å². The second-order valence-electron chi connectivity index (χ2n) is 7.22. The summed E-state index contributed by atoms with van der Waals surface area (Å²) in [5.74, 6) is 1.12. The van der Waals surface area contributed by atoms with E-state index in [9.17, 15) is 4.39 Å². The summed E-state index contributed by atoms with van der Waals surface area (Å²) < 4.78 is 24.2. The fraction of sp³-hybridized carbons (Fsp3) is 0.435. The average molecular weight is 415 g/mol. The lowest BCUT2D eigenvalue weighted by Crippen LogP contribution is -2.41. The van der Waals surface area contributed by atoms with Crippen molar-refractivity contribution in [2.45, 2.75) is 26.5 Å². The number of hydrogen-bond acceptors (Lipinski definition) is 4. The minimum Gasteiger partial charge on any atom is -0.489 e. The van der Waals surface area contributed by atoms with Gasteiger partial charge in [-0.15, -0.1) is 0 Å². The fourth-order valence-electron chi connectivity index (χ4n) is 3.17.